The second-order valence-electron chi connectivity index (χ2n) is 7.75. The zero-order chi connectivity index (χ0) is 19.1. The predicted molar refractivity (Wildman–Crippen MR) is 119 cm³/mol. The van der Waals surface area contributed by atoms with Crippen molar-refractivity contribution in [2.75, 3.05) is 0 Å². The van der Waals surface area contributed by atoms with Crippen LogP contribution in [0.15, 0.2) is 84.9 Å². The molecule has 0 aliphatic carbocycles. The van der Waals surface area contributed by atoms with Crippen LogP contribution in [0.25, 0.3) is 53.9 Å². The van der Waals surface area contributed by atoms with Gasteiger partial charge in [0.15, 0.2) is 0 Å². The largest absolute Gasteiger partial charge is 0.422 e. The Balaban J connectivity index is 1.77. The van der Waals surface area contributed by atoms with Crippen LogP contribution in [0.2, 0.25) is 0 Å². The first kappa shape index (κ1) is 15.1. The number of hydrogen-bond donors (Lipinski definition) is 0. The standard InChI is InChI=1S/C27H14O2/c28-27-23-14-19-11-16-6-1-2-7-17(16)12-21(19)22-13-18-10-9-15-5-3-4-8-20(15)24(18)26(29-27)25(22)23/h1-14H. The summed E-state index contributed by atoms with van der Waals surface area (Å²) in [6.45, 7) is 0. The predicted octanol–water partition coefficient (Wildman–Crippen LogP) is 6.99. The number of esters is 1. The summed E-state index contributed by atoms with van der Waals surface area (Å²) in [5, 5.41) is 11.0. The van der Waals surface area contributed by atoms with E-state index in [9.17, 15) is 4.79 Å². The van der Waals surface area contributed by atoms with Gasteiger partial charge in [0.2, 0.25) is 0 Å². The molecule has 0 radical (unpaired) electrons. The molecule has 1 aliphatic heterocycles. The van der Waals surface area contributed by atoms with Crippen molar-refractivity contribution in [2.24, 2.45) is 0 Å². The molecule has 1 aliphatic rings. The fourth-order valence-corrected chi connectivity index (χ4v) is 4.87. The van der Waals surface area contributed by atoms with E-state index in [0.29, 0.717) is 11.3 Å². The molecule has 1 heterocycles. The smallest absolute Gasteiger partial charge is 0.344 e. The van der Waals surface area contributed by atoms with E-state index in [2.05, 4.69) is 60.7 Å². The molecule has 7 rings (SSSR count). The van der Waals surface area contributed by atoms with E-state index < -0.39 is 0 Å². The minimum absolute atomic E-state index is 0.263. The van der Waals surface area contributed by atoms with E-state index in [-0.39, 0.29) is 5.97 Å². The highest BCUT2D eigenvalue weighted by Gasteiger charge is 2.28. The molecule has 0 unspecified atom stereocenters. The van der Waals surface area contributed by atoms with E-state index >= 15 is 0 Å². The van der Waals surface area contributed by atoms with E-state index in [0.717, 1.165) is 43.1 Å². The maximum absolute atomic E-state index is 12.8. The zero-order valence-corrected chi connectivity index (χ0v) is 15.4. The first-order valence-electron chi connectivity index (χ1n) is 9.74. The lowest BCUT2D eigenvalue weighted by molar-refractivity contribution is 0.0756. The summed E-state index contributed by atoms with van der Waals surface area (Å²) in [4.78, 5) is 12.8. The molecule has 0 saturated carbocycles. The van der Waals surface area contributed by atoms with Crippen LogP contribution in [0.4, 0.5) is 0 Å². The molecule has 6 aromatic rings. The van der Waals surface area contributed by atoms with Gasteiger partial charge in [-0.05, 0) is 67.4 Å². The Morgan fingerprint density at radius 2 is 1.21 bits per heavy atom. The van der Waals surface area contributed by atoms with Gasteiger partial charge in [-0.1, -0.05) is 60.7 Å². The third kappa shape index (κ3) is 1.88. The van der Waals surface area contributed by atoms with Crippen molar-refractivity contribution in [3.63, 3.8) is 0 Å². The third-order valence-corrected chi connectivity index (χ3v) is 6.18. The lowest BCUT2D eigenvalue weighted by Gasteiger charge is -2.11. The molecule has 134 valence electrons. The number of fused-ring (bicyclic) bond motifs is 7. The van der Waals surface area contributed by atoms with Crippen LogP contribution in [-0.4, -0.2) is 5.97 Å². The van der Waals surface area contributed by atoms with Gasteiger partial charge < -0.3 is 4.74 Å². The molecule has 0 bridgehead atoms. The highest BCUT2D eigenvalue weighted by Crippen LogP contribution is 2.47. The van der Waals surface area contributed by atoms with Crippen molar-refractivity contribution in [3.8, 4) is 5.75 Å². The topological polar surface area (TPSA) is 26.3 Å². The van der Waals surface area contributed by atoms with E-state index in [1.54, 1.807) is 0 Å². The van der Waals surface area contributed by atoms with Crippen LogP contribution in [0.1, 0.15) is 10.4 Å². The van der Waals surface area contributed by atoms with Gasteiger partial charge in [0, 0.05) is 10.8 Å². The minimum Gasteiger partial charge on any atom is -0.422 e. The van der Waals surface area contributed by atoms with Crippen molar-refractivity contribution in [1.29, 1.82) is 0 Å². The molecule has 0 atom stereocenters. The molecular formula is C27H14O2. The molecule has 6 aromatic carbocycles. The summed E-state index contributed by atoms with van der Waals surface area (Å²) < 4.78 is 5.87. The van der Waals surface area contributed by atoms with Crippen LogP contribution in [0, 0.1) is 0 Å². The molecule has 2 nitrogen and oxygen atoms in total. The Morgan fingerprint density at radius 1 is 0.517 bits per heavy atom. The summed E-state index contributed by atoms with van der Waals surface area (Å²) in [5.41, 5.74) is 0.660. The molecule has 0 N–H and O–H groups in total. The molecule has 2 heteroatoms. The average molecular weight is 370 g/mol. The monoisotopic (exact) mass is 370 g/mol. The fourth-order valence-electron chi connectivity index (χ4n) is 4.87. The molecule has 0 fully saturated rings. The second-order valence-corrected chi connectivity index (χ2v) is 7.75. The quantitative estimate of drug-likeness (QED) is 0.125. The van der Waals surface area contributed by atoms with Crippen molar-refractivity contribution in [3.05, 3.63) is 90.5 Å². The van der Waals surface area contributed by atoms with Gasteiger partial charge >= 0.3 is 5.97 Å². The van der Waals surface area contributed by atoms with Gasteiger partial charge in [-0.3, -0.25) is 0 Å². The Hall–Kier alpha value is -3.91. The van der Waals surface area contributed by atoms with Crippen molar-refractivity contribution in [2.45, 2.75) is 0 Å². The van der Waals surface area contributed by atoms with Gasteiger partial charge in [-0.15, -0.1) is 0 Å². The lowest BCUT2D eigenvalue weighted by atomic mass is 9.91. The first-order chi connectivity index (χ1) is 14.3. The fraction of sp³-hybridized carbons (Fsp3) is 0. The molecule has 29 heavy (non-hydrogen) atoms. The number of hydrogen-bond acceptors (Lipinski definition) is 2. The van der Waals surface area contributed by atoms with Crippen LogP contribution in [0.3, 0.4) is 0 Å². The summed E-state index contributed by atoms with van der Waals surface area (Å²) in [6.07, 6.45) is 0. The Labute approximate surface area is 165 Å². The van der Waals surface area contributed by atoms with Crippen molar-refractivity contribution in [1.82, 2.24) is 0 Å². The zero-order valence-electron chi connectivity index (χ0n) is 15.4. The second kappa shape index (κ2) is 5.12. The van der Waals surface area contributed by atoms with E-state index in [1.165, 1.54) is 10.8 Å². The Bertz CT molecular complexity index is 1690. The Kier molecular flexibility index (Phi) is 2.66. The summed E-state index contributed by atoms with van der Waals surface area (Å²) >= 11 is 0. The molecule has 0 aromatic heterocycles. The van der Waals surface area contributed by atoms with Crippen molar-refractivity contribution >= 4 is 59.8 Å². The summed E-state index contributed by atoms with van der Waals surface area (Å²) in [6, 6.07) is 29.4. The van der Waals surface area contributed by atoms with Gasteiger partial charge in [0.05, 0.1) is 5.56 Å². The van der Waals surface area contributed by atoms with Gasteiger partial charge in [-0.2, -0.15) is 0 Å². The number of rotatable bonds is 0. The molecule has 0 amide bonds. The van der Waals surface area contributed by atoms with E-state index in [4.69, 9.17) is 4.74 Å². The minimum atomic E-state index is -0.263. The molecule has 0 saturated heterocycles. The van der Waals surface area contributed by atoms with Gasteiger partial charge in [-0.25, -0.2) is 4.79 Å². The SMILES string of the molecule is O=C1Oc2c3c1cc1cc4ccccc4cc1c3cc1ccc3ccccc3c21. The van der Waals surface area contributed by atoms with Gasteiger partial charge in [0.25, 0.3) is 0 Å². The summed E-state index contributed by atoms with van der Waals surface area (Å²) in [5.74, 6) is 0.435. The van der Waals surface area contributed by atoms with Crippen LogP contribution < -0.4 is 4.74 Å². The number of ether oxygens (including phenoxy) is 1. The maximum atomic E-state index is 12.8. The van der Waals surface area contributed by atoms with Gasteiger partial charge in [0.1, 0.15) is 5.75 Å². The molecular weight excluding hydrogens is 356 g/mol. The van der Waals surface area contributed by atoms with Crippen LogP contribution in [-0.2, 0) is 0 Å². The van der Waals surface area contributed by atoms with Crippen LogP contribution in [0.5, 0.6) is 5.75 Å². The summed E-state index contributed by atoms with van der Waals surface area (Å²) in [7, 11) is 0. The van der Waals surface area contributed by atoms with Crippen molar-refractivity contribution < 1.29 is 9.53 Å². The maximum Gasteiger partial charge on any atom is 0.344 e. The Morgan fingerprint density at radius 3 is 2.07 bits per heavy atom. The first-order valence-corrected chi connectivity index (χ1v) is 9.74. The highest BCUT2D eigenvalue weighted by atomic mass is 16.5. The highest BCUT2D eigenvalue weighted by molar-refractivity contribution is 6.29. The number of carbonyl (C=O) groups excluding carboxylic acids is 1. The third-order valence-electron chi connectivity index (χ3n) is 6.18. The normalized spacial score (nSPS) is 13.2. The van der Waals surface area contributed by atoms with Crippen LogP contribution >= 0.6 is 0 Å². The number of carbonyl (C=O) groups is 1. The number of benzene rings is 6. The van der Waals surface area contributed by atoms with E-state index in [1.807, 2.05) is 24.3 Å². The average Bonchev–Trinajstić information content (AvgIpc) is 3.09. The molecule has 0 spiro atoms. The lowest BCUT2D eigenvalue weighted by Crippen LogP contribution is -2.00.